The summed E-state index contributed by atoms with van der Waals surface area (Å²) in [6, 6.07) is 1.36. The highest BCUT2D eigenvalue weighted by molar-refractivity contribution is 5.11. The Kier molecular flexibility index (Phi) is 3.61. The average Bonchev–Trinajstić information content (AvgIpc) is 3.19. The average molecular weight is 276 g/mol. The maximum absolute atomic E-state index is 6.05. The second-order valence-electron chi connectivity index (χ2n) is 7.39. The van der Waals surface area contributed by atoms with E-state index in [2.05, 4.69) is 29.3 Å². The van der Waals surface area contributed by atoms with Gasteiger partial charge < -0.3 is 10.1 Å². The molecule has 2 bridgehead atoms. The highest BCUT2D eigenvalue weighted by Crippen LogP contribution is 2.44. The minimum absolute atomic E-state index is 0.404. The molecule has 0 aromatic heterocycles. The van der Waals surface area contributed by atoms with E-state index in [1.54, 1.807) is 0 Å². The second-order valence-corrected chi connectivity index (χ2v) is 7.39. The lowest BCUT2D eigenvalue weighted by atomic mass is 9.87. The van der Waals surface area contributed by atoms with Gasteiger partial charge >= 0.3 is 0 Å². The molecule has 0 amide bonds. The third-order valence-corrected chi connectivity index (χ3v) is 6.10. The third kappa shape index (κ3) is 2.44. The van der Waals surface area contributed by atoms with E-state index in [1.165, 1.54) is 32.2 Å². The van der Waals surface area contributed by atoms with Crippen molar-refractivity contribution < 1.29 is 4.74 Å². The van der Waals surface area contributed by atoms with Crippen molar-refractivity contribution in [3.05, 3.63) is 12.2 Å². The predicted octanol–water partition coefficient (Wildman–Crippen LogP) is 2.04. The molecule has 3 fully saturated rings. The molecule has 20 heavy (non-hydrogen) atoms. The van der Waals surface area contributed by atoms with E-state index < -0.39 is 0 Å². The predicted molar refractivity (Wildman–Crippen MR) is 80.6 cm³/mol. The van der Waals surface area contributed by atoms with E-state index in [0.717, 1.165) is 43.5 Å². The van der Waals surface area contributed by atoms with Crippen molar-refractivity contribution in [2.75, 3.05) is 26.2 Å². The Labute approximate surface area is 122 Å². The van der Waals surface area contributed by atoms with Crippen molar-refractivity contribution in [2.24, 2.45) is 17.8 Å². The molecule has 1 N–H and O–H groups in total. The van der Waals surface area contributed by atoms with Crippen LogP contribution in [-0.2, 0) is 4.74 Å². The van der Waals surface area contributed by atoms with Crippen LogP contribution < -0.4 is 5.32 Å². The number of allylic oxidation sites excluding steroid dienone is 2. The normalized spacial score (nSPS) is 45.0. The van der Waals surface area contributed by atoms with Gasteiger partial charge in [0.15, 0.2) is 0 Å². The van der Waals surface area contributed by atoms with Crippen LogP contribution in [0.4, 0.5) is 0 Å². The number of nitrogens with one attached hydrogen (secondary N) is 1. The molecule has 6 atom stereocenters. The fourth-order valence-electron chi connectivity index (χ4n) is 4.88. The molecule has 3 heteroatoms. The highest BCUT2D eigenvalue weighted by atomic mass is 16.5. The molecule has 2 heterocycles. The largest absolute Gasteiger partial charge is 0.374 e. The quantitative estimate of drug-likeness (QED) is 0.795. The molecule has 2 aliphatic heterocycles. The Bertz CT molecular complexity index is 383. The Morgan fingerprint density at radius 1 is 1.35 bits per heavy atom. The fourth-order valence-corrected chi connectivity index (χ4v) is 4.88. The van der Waals surface area contributed by atoms with E-state index in [4.69, 9.17) is 4.74 Å². The van der Waals surface area contributed by atoms with Crippen molar-refractivity contribution in [3.63, 3.8) is 0 Å². The van der Waals surface area contributed by atoms with Crippen LogP contribution in [0, 0.1) is 17.8 Å². The van der Waals surface area contributed by atoms with Gasteiger partial charge in [0.1, 0.15) is 0 Å². The van der Waals surface area contributed by atoms with Gasteiger partial charge in [0.2, 0.25) is 0 Å². The first-order valence-electron chi connectivity index (χ1n) is 8.57. The topological polar surface area (TPSA) is 24.5 Å². The number of nitrogens with zero attached hydrogens (tertiary/aromatic N) is 1. The lowest BCUT2D eigenvalue weighted by Gasteiger charge is -2.36. The molecule has 0 aromatic rings. The molecule has 2 saturated heterocycles. The summed E-state index contributed by atoms with van der Waals surface area (Å²) in [5.41, 5.74) is 0. The smallest absolute Gasteiger partial charge is 0.0827 e. The summed E-state index contributed by atoms with van der Waals surface area (Å²) in [7, 11) is 0. The molecule has 112 valence electrons. The van der Waals surface area contributed by atoms with Gasteiger partial charge in [-0.25, -0.2) is 0 Å². The maximum atomic E-state index is 6.05. The summed E-state index contributed by atoms with van der Waals surface area (Å²) in [4.78, 5) is 2.64. The Hall–Kier alpha value is -0.380. The summed E-state index contributed by atoms with van der Waals surface area (Å²) in [6.45, 7) is 6.79. The van der Waals surface area contributed by atoms with Crippen LogP contribution in [-0.4, -0.2) is 49.3 Å². The molecule has 2 aliphatic carbocycles. The van der Waals surface area contributed by atoms with Gasteiger partial charge in [0.05, 0.1) is 12.7 Å². The fraction of sp³-hybridized carbons (Fsp3) is 0.882. The maximum Gasteiger partial charge on any atom is 0.0827 e. The summed E-state index contributed by atoms with van der Waals surface area (Å²) in [5.74, 6) is 2.58. The van der Waals surface area contributed by atoms with Crippen LogP contribution in [0.2, 0.25) is 0 Å². The van der Waals surface area contributed by atoms with E-state index in [0.29, 0.717) is 12.1 Å². The molecule has 1 saturated carbocycles. The number of morpholine rings is 1. The van der Waals surface area contributed by atoms with Gasteiger partial charge in [0.25, 0.3) is 0 Å². The number of ether oxygens (including phenoxy) is 1. The van der Waals surface area contributed by atoms with E-state index >= 15 is 0 Å². The van der Waals surface area contributed by atoms with Gasteiger partial charge in [-0.1, -0.05) is 12.2 Å². The monoisotopic (exact) mass is 276 g/mol. The highest BCUT2D eigenvalue weighted by Gasteiger charge is 2.39. The molecular weight excluding hydrogens is 248 g/mol. The molecule has 4 rings (SSSR count). The lowest BCUT2D eigenvalue weighted by Crippen LogP contribution is -2.51. The van der Waals surface area contributed by atoms with Crippen molar-refractivity contribution >= 4 is 0 Å². The van der Waals surface area contributed by atoms with Gasteiger partial charge in [-0.3, -0.25) is 4.90 Å². The number of fused-ring (bicyclic) bond motifs is 3. The van der Waals surface area contributed by atoms with E-state index in [1.807, 2.05) is 0 Å². The first kappa shape index (κ1) is 13.3. The SMILES string of the molecule is CC(NCC1CN2CCCC2CO1)C1CC2C=CC1C2. The summed E-state index contributed by atoms with van der Waals surface area (Å²) >= 11 is 0. The van der Waals surface area contributed by atoms with Crippen LogP contribution in [0.5, 0.6) is 0 Å². The molecule has 0 radical (unpaired) electrons. The summed E-state index contributed by atoms with van der Waals surface area (Å²) < 4.78 is 6.05. The van der Waals surface area contributed by atoms with Gasteiger partial charge in [-0.15, -0.1) is 0 Å². The summed E-state index contributed by atoms with van der Waals surface area (Å²) in [6.07, 6.45) is 10.8. The zero-order valence-corrected chi connectivity index (χ0v) is 12.6. The van der Waals surface area contributed by atoms with E-state index in [-0.39, 0.29) is 0 Å². The Balaban J connectivity index is 1.25. The summed E-state index contributed by atoms with van der Waals surface area (Å²) in [5, 5.41) is 3.77. The molecule has 0 spiro atoms. The Morgan fingerprint density at radius 3 is 3.10 bits per heavy atom. The minimum Gasteiger partial charge on any atom is -0.374 e. The second kappa shape index (κ2) is 5.43. The number of hydrogen-bond donors (Lipinski definition) is 1. The molecule has 0 aromatic carbocycles. The molecule has 6 unspecified atom stereocenters. The molecule has 3 nitrogen and oxygen atoms in total. The first-order chi connectivity index (χ1) is 9.79. The van der Waals surface area contributed by atoms with Crippen LogP contribution in [0.1, 0.15) is 32.6 Å². The van der Waals surface area contributed by atoms with Crippen molar-refractivity contribution in [1.82, 2.24) is 10.2 Å². The molecule has 4 aliphatic rings. The van der Waals surface area contributed by atoms with E-state index in [9.17, 15) is 0 Å². The standard InChI is InChI=1S/C17H28N2O/c1-12(17-8-13-4-5-14(17)7-13)18-9-16-10-19-6-2-3-15(19)11-20-16/h4-5,12-18H,2-3,6-11H2,1H3. The Morgan fingerprint density at radius 2 is 2.30 bits per heavy atom. The van der Waals surface area contributed by atoms with Crippen LogP contribution in [0.25, 0.3) is 0 Å². The van der Waals surface area contributed by atoms with Gasteiger partial charge in [-0.2, -0.15) is 0 Å². The van der Waals surface area contributed by atoms with Crippen molar-refractivity contribution in [3.8, 4) is 0 Å². The van der Waals surface area contributed by atoms with Crippen LogP contribution >= 0.6 is 0 Å². The van der Waals surface area contributed by atoms with Crippen LogP contribution in [0.15, 0.2) is 12.2 Å². The van der Waals surface area contributed by atoms with Crippen LogP contribution in [0.3, 0.4) is 0 Å². The van der Waals surface area contributed by atoms with Crippen molar-refractivity contribution in [2.45, 2.75) is 50.8 Å². The van der Waals surface area contributed by atoms with Gasteiger partial charge in [-0.05, 0) is 56.9 Å². The minimum atomic E-state index is 0.404. The molecular formula is C17H28N2O. The number of hydrogen-bond acceptors (Lipinski definition) is 3. The van der Waals surface area contributed by atoms with Gasteiger partial charge in [0, 0.05) is 25.2 Å². The third-order valence-electron chi connectivity index (χ3n) is 6.10. The number of rotatable bonds is 4. The zero-order chi connectivity index (χ0) is 13.5. The zero-order valence-electron chi connectivity index (χ0n) is 12.6. The lowest BCUT2D eigenvalue weighted by molar-refractivity contribution is -0.0483. The van der Waals surface area contributed by atoms with Crippen molar-refractivity contribution in [1.29, 1.82) is 0 Å². The first-order valence-corrected chi connectivity index (χ1v) is 8.57.